The lowest BCUT2D eigenvalue weighted by atomic mass is 9.43. The van der Waals surface area contributed by atoms with Crippen molar-refractivity contribution >= 4 is 17.7 Å². The highest BCUT2D eigenvalue weighted by atomic mass is 16.6. The SMILES string of the molecule is C=C1C(=O)C23C(=O)O[C@H]4CCC(C)(C)[C@H]5[C@H](O)OCC45[C@@H]2CC[C@H]1[C@H]3OC(=O)CCCC. The third kappa shape index (κ3) is 2.52. The Morgan fingerprint density at radius 2 is 2.00 bits per heavy atom. The zero-order valence-electron chi connectivity index (χ0n) is 19.2. The standard InChI is InChI=1S/C25H34O7/c1-5-6-7-17(26)32-20-14-8-9-15-24-12-30-21(28)18(24)23(3,4)11-10-16(24)31-22(29)25(15,20)19(27)13(14)2/h14-16,18,20-21,28H,2,5-12H2,1,3-4H3/t14-,15+,16+,18-,20-,21-,24?,25?/m1/s1. The van der Waals surface area contributed by atoms with Crippen molar-refractivity contribution in [1.82, 2.24) is 0 Å². The molecule has 2 saturated heterocycles. The number of esters is 2. The van der Waals surface area contributed by atoms with Crippen LogP contribution in [0, 0.1) is 34.0 Å². The highest BCUT2D eigenvalue weighted by Gasteiger charge is 2.81. The van der Waals surface area contributed by atoms with Gasteiger partial charge in [-0.1, -0.05) is 33.8 Å². The fourth-order valence-electron chi connectivity index (χ4n) is 8.01. The van der Waals surface area contributed by atoms with E-state index in [2.05, 4.69) is 20.4 Å². The van der Waals surface area contributed by atoms with E-state index >= 15 is 0 Å². The summed E-state index contributed by atoms with van der Waals surface area (Å²) >= 11 is 0. The summed E-state index contributed by atoms with van der Waals surface area (Å²) in [5.41, 5.74) is -2.16. The van der Waals surface area contributed by atoms with E-state index in [-0.39, 0.29) is 42.0 Å². The van der Waals surface area contributed by atoms with Gasteiger partial charge < -0.3 is 19.3 Å². The van der Waals surface area contributed by atoms with Crippen LogP contribution in [0.25, 0.3) is 0 Å². The van der Waals surface area contributed by atoms with Crippen LogP contribution in [-0.4, -0.2) is 47.9 Å². The number of ketones is 1. The first-order chi connectivity index (χ1) is 15.1. The smallest absolute Gasteiger partial charge is 0.324 e. The molecule has 5 aliphatic rings. The van der Waals surface area contributed by atoms with Gasteiger partial charge in [-0.3, -0.25) is 14.4 Å². The molecule has 5 rings (SSSR count). The molecule has 2 unspecified atom stereocenters. The number of unbranched alkanes of at least 4 members (excludes halogenated alkanes) is 1. The summed E-state index contributed by atoms with van der Waals surface area (Å²) in [5, 5.41) is 10.9. The zero-order valence-corrected chi connectivity index (χ0v) is 19.2. The van der Waals surface area contributed by atoms with Crippen molar-refractivity contribution in [2.75, 3.05) is 6.61 Å². The van der Waals surface area contributed by atoms with Crippen molar-refractivity contribution in [2.24, 2.45) is 34.0 Å². The molecule has 2 bridgehead atoms. The lowest BCUT2D eigenvalue weighted by Crippen LogP contribution is -2.71. The molecule has 7 nitrogen and oxygen atoms in total. The molecule has 176 valence electrons. The fourth-order valence-corrected chi connectivity index (χ4v) is 8.01. The highest BCUT2D eigenvalue weighted by molar-refractivity contribution is 6.16. The van der Waals surface area contributed by atoms with Gasteiger partial charge in [-0.2, -0.15) is 0 Å². The first-order valence-corrected chi connectivity index (χ1v) is 12.1. The molecular formula is C25H34O7. The third-order valence-corrected chi connectivity index (χ3v) is 9.33. The quantitative estimate of drug-likeness (QED) is 0.403. The zero-order chi connectivity index (χ0) is 23.1. The number of hydrogen-bond acceptors (Lipinski definition) is 7. The van der Waals surface area contributed by atoms with Crippen LogP contribution in [0.15, 0.2) is 12.2 Å². The van der Waals surface area contributed by atoms with Crippen LogP contribution in [-0.2, 0) is 28.6 Å². The maximum atomic E-state index is 13.8. The second kappa shape index (κ2) is 7.13. The number of aliphatic hydroxyl groups is 1. The fraction of sp³-hybridized carbons (Fsp3) is 0.800. The number of fused-ring (bicyclic) bond motifs is 1. The maximum Gasteiger partial charge on any atom is 0.324 e. The first-order valence-electron chi connectivity index (χ1n) is 12.1. The Morgan fingerprint density at radius 1 is 1.25 bits per heavy atom. The molecular weight excluding hydrogens is 412 g/mol. The van der Waals surface area contributed by atoms with Crippen LogP contribution in [0.2, 0.25) is 0 Å². The molecule has 2 spiro atoms. The van der Waals surface area contributed by atoms with E-state index in [9.17, 15) is 19.5 Å². The van der Waals surface area contributed by atoms with Crippen LogP contribution in [0.3, 0.4) is 0 Å². The van der Waals surface area contributed by atoms with Gasteiger partial charge in [-0.25, -0.2) is 0 Å². The Labute approximate surface area is 188 Å². The van der Waals surface area contributed by atoms with Gasteiger partial charge >= 0.3 is 11.9 Å². The monoisotopic (exact) mass is 446 g/mol. The average Bonchev–Trinajstić information content (AvgIpc) is 3.15. The van der Waals surface area contributed by atoms with Crippen LogP contribution < -0.4 is 0 Å². The van der Waals surface area contributed by atoms with Gasteiger partial charge in [0.05, 0.1) is 6.61 Å². The second-order valence-corrected chi connectivity index (χ2v) is 11.2. The lowest BCUT2D eigenvalue weighted by Gasteiger charge is -2.62. The number of hydrogen-bond donors (Lipinski definition) is 1. The predicted octanol–water partition coefficient (Wildman–Crippen LogP) is 2.94. The topological polar surface area (TPSA) is 99.1 Å². The largest absolute Gasteiger partial charge is 0.461 e. The molecule has 2 heterocycles. The van der Waals surface area contributed by atoms with Gasteiger partial charge in [-0.05, 0) is 49.0 Å². The Bertz CT molecular complexity index is 878. The molecule has 0 aromatic rings. The molecule has 32 heavy (non-hydrogen) atoms. The van der Waals surface area contributed by atoms with Gasteiger partial charge in [0.25, 0.3) is 0 Å². The van der Waals surface area contributed by atoms with E-state index in [1.165, 1.54) is 0 Å². The molecule has 0 radical (unpaired) electrons. The number of ether oxygens (including phenoxy) is 3. The van der Waals surface area contributed by atoms with E-state index in [1.54, 1.807) is 0 Å². The Kier molecular flexibility index (Phi) is 4.92. The van der Waals surface area contributed by atoms with Crippen molar-refractivity contribution < 1.29 is 33.7 Å². The van der Waals surface area contributed by atoms with Crippen molar-refractivity contribution in [1.29, 1.82) is 0 Å². The number of carbonyl (C=O) groups is 3. The maximum absolute atomic E-state index is 13.8. The summed E-state index contributed by atoms with van der Waals surface area (Å²) in [6, 6.07) is 0. The minimum atomic E-state index is -1.59. The molecule has 7 heteroatoms. The number of rotatable bonds is 4. The Morgan fingerprint density at radius 3 is 2.72 bits per heavy atom. The van der Waals surface area contributed by atoms with Crippen LogP contribution in [0.4, 0.5) is 0 Å². The van der Waals surface area contributed by atoms with Crippen molar-refractivity contribution in [3.8, 4) is 0 Å². The second-order valence-electron chi connectivity index (χ2n) is 11.2. The predicted molar refractivity (Wildman–Crippen MR) is 113 cm³/mol. The molecule has 8 atom stereocenters. The van der Waals surface area contributed by atoms with Crippen molar-refractivity contribution in [3.63, 3.8) is 0 Å². The molecule has 5 fully saturated rings. The summed E-state index contributed by atoms with van der Waals surface area (Å²) in [5.74, 6) is -2.39. The van der Waals surface area contributed by atoms with Crippen LogP contribution >= 0.6 is 0 Å². The van der Waals surface area contributed by atoms with Crippen LogP contribution in [0.5, 0.6) is 0 Å². The summed E-state index contributed by atoms with van der Waals surface area (Å²) in [6.45, 7) is 10.5. The summed E-state index contributed by atoms with van der Waals surface area (Å²) in [6.07, 6.45) is 2.18. The Hall–Kier alpha value is -1.73. The van der Waals surface area contributed by atoms with E-state index < -0.39 is 41.2 Å². The Balaban J connectivity index is 1.63. The number of aliphatic hydroxyl groups excluding tert-OH is 1. The van der Waals surface area contributed by atoms with E-state index in [0.29, 0.717) is 31.3 Å². The van der Waals surface area contributed by atoms with Gasteiger partial charge in [0, 0.05) is 23.7 Å². The van der Waals surface area contributed by atoms with E-state index in [4.69, 9.17) is 14.2 Å². The molecule has 2 aliphatic heterocycles. The van der Waals surface area contributed by atoms with Crippen molar-refractivity contribution in [3.05, 3.63) is 12.2 Å². The first kappa shape index (κ1) is 22.1. The molecule has 0 amide bonds. The highest BCUT2D eigenvalue weighted by Crippen LogP contribution is 2.71. The molecule has 1 N–H and O–H groups in total. The molecule has 3 saturated carbocycles. The average molecular weight is 447 g/mol. The number of carbonyl (C=O) groups excluding carboxylic acids is 3. The van der Waals surface area contributed by atoms with Crippen molar-refractivity contribution in [2.45, 2.75) is 84.2 Å². The van der Waals surface area contributed by atoms with Crippen LogP contribution in [0.1, 0.15) is 65.7 Å². The summed E-state index contributed by atoms with van der Waals surface area (Å²) < 4.78 is 17.8. The summed E-state index contributed by atoms with van der Waals surface area (Å²) in [7, 11) is 0. The lowest BCUT2D eigenvalue weighted by molar-refractivity contribution is -0.252. The number of Topliss-reactive ketones (excluding diaryl/α,β-unsaturated/α-hetero) is 1. The minimum Gasteiger partial charge on any atom is -0.461 e. The molecule has 0 aromatic heterocycles. The molecule has 0 aromatic carbocycles. The van der Waals surface area contributed by atoms with Gasteiger partial charge in [0.1, 0.15) is 12.2 Å². The van der Waals surface area contributed by atoms with Gasteiger partial charge in [0.15, 0.2) is 17.5 Å². The third-order valence-electron chi connectivity index (χ3n) is 9.33. The minimum absolute atomic E-state index is 0.230. The van der Waals surface area contributed by atoms with E-state index in [0.717, 1.165) is 12.8 Å². The van der Waals surface area contributed by atoms with Gasteiger partial charge in [0.2, 0.25) is 0 Å². The van der Waals surface area contributed by atoms with E-state index in [1.807, 2.05) is 6.92 Å². The normalized spacial score (nSPS) is 46.2. The summed E-state index contributed by atoms with van der Waals surface area (Å²) in [4.78, 5) is 40.1. The molecule has 3 aliphatic carbocycles. The van der Waals surface area contributed by atoms with Gasteiger partial charge in [-0.15, -0.1) is 0 Å².